The van der Waals surface area contributed by atoms with E-state index in [1.807, 2.05) is 12.1 Å². The monoisotopic (exact) mass is 457 g/mol. The normalized spacial score (nSPS) is 10.5. The Hall–Kier alpha value is -4.73. The number of ether oxygens (including phenoxy) is 1. The molecule has 0 spiro atoms. The maximum absolute atomic E-state index is 12.7. The number of carbonyl (C=O) groups excluding carboxylic acids is 2. The molecule has 4 N–H and O–H groups in total. The van der Waals surface area contributed by atoms with Crippen LogP contribution in [0.15, 0.2) is 67.3 Å². The summed E-state index contributed by atoms with van der Waals surface area (Å²) in [5.74, 6) is 0.647. The van der Waals surface area contributed by atoms with Crippen LogP contribution in [0.3, 0.4) is 0 Å². The molecule has 4 aromatic rings. The summed E-state index contributed by atoms with van der Waals surface area (Å²) < 4.78 is 7.53. The van der Waals surface area contributed by atoms with Crippen molar-refractivity contribution in [2.75, 3.05) is 11.1 Å². The summed E-state index contributed by atoms with van der Waals surface area (Å²) in [5.41, 5.74) is 8.39. The SMILES string of the molecule is Cc1c(Oc2cc(N)nc(NC(=O)c3cnn(C)c3)c2)cccc1C(=O)NCc1ccncc1. The average Bonchev–Trinajstić information content (AvgIpc) is 3.26. The van der Waals surface area contributed by atoms with E-state index in [-0.39, 0.29) is 23.5 Å². The highest BCUT2D eigenvalue weighted by Crippen LogP contribution is 2.29. The third-order valence-corrected chi connectivity index (χ3v) is 4.99. The Bertz CT molecular complexity index is 1340. The molecule has 0 fully saturated rings. The van der Waals surface area contributed by atoms with Crippen LogP contribution in [0.5, 0.6) is 11.5 Å². The molecular weight excluding hydrogens is 434 g/mol. The van der Waals surface area contributed by atoms with Crippen LogP contribution >= 0.6 is 0 Å². The van der Waals surface area contributed by atoms with Gasteiger partial charge in [0.05, 0.1) is 11.8 Å². The van der Waals surface area contributed by atoms with Crippen LogP contribution < -0.4 is 21.1 Å². The van der Waals surface area contributed by atoms with Gasteiger partial charge in [-0.25, -0.2) is 4.98 Å². The van der Waals surface area contributed by atoms with Gasteiger partial charge in [0.15, 0.2) is 0 Å². The number of hydrogen-bond acceptors (Lipinski definition) is 7. The zero-order valence-corrected chi connectivity index (χ0v) is 18.6. The maximum atomic E-state index is 12.7. The lowest BCUT2D eigenvalue weighted by molar-refractivity contribution is 0.0949. The number of aryl methyl sites for hydroxylation is 1. The molecule has 0 unspecified atom stereocenters. The van der Waals surface area contributed by atoms with Crippen LogP contribution in [0.1, 0.15) is 31.8 Å². The molecule has 3 heterocycles. The Morgan fingerprint density at radius 1 is 1.12 bits per heavy atom. The maximum Gasteiger partial charge on any atom is 0.260 e. The van der Waals surface area contributed by atoms with Crippen LogP contribution in [0.4, 0.5) is 11.6 Å². The predicted octanol–water partition coefficient (Wildman–Crippen LogP) is 3.08. The molecular formula is C24H23N7O3. The summed E-state index contributed by atoms with van der Waals surface area (Å²) in [5, 5.41) is 9.56. The number of nitrogen functional groups attached to an aromatic ring is 1. The van der Waals surface area contributed by atoms with Crippen molar-refractivity contribution in [2.24, 2.45) is 7.05 Å². The van der Waals surface area contributed by atoms with Gasteiger partial charge in [-0.3, -0.25) is 19.3 Å². The smallest absolute Gasteiger partial charge is 0.260 e. The van der Waals surface area contributed by atoms with Crippen molar-refractivity contribution in [3.8, 4) is 11.5 Å². The molecule has 0 radical (unpaired) electrons. The molecule has 3 aromatic heterocycles. The number of amides is 2. The van der Waals surface area contributed by atoms with Gasteiger partial charge in [0.25, 0.3) is 11.8 Å². The molecule has 0 bridgehead atoms. The number of nitrogens with zero attached hydrogens (tertiary/aromatic N) is 4. The molecule has 1 aromatic carbocycles. The molecule has 34 heavy (non-hydrogen) atoms. The van der Waals surface area contributed by atoms with Crippen molar-refractivity contribution in [1.29, 1.82) is 0 Å². The van der Waals surface area contributed by atoms with Crippen LogP contribution in [-0.2, 0) is 13.6 Å². The van der Waals surface area contributed by atoms with E-state index in [9.17, 15) is 9.59 Å². The fourth-order valence-corrected chi connectivity index (χ4v) is 3.25. The molecule has 0 saturated carbocycles. The zero-order chi connectivity index (χ0) is 24.1. The van der Waals surface area contributed by atoms with Gasteiger partial charge in [0.1, 0.15) is 23.1 Å². The number of aromatic nitrogens is 4. The second-order valence-corrected chi connectivity index (χ2v) is 7.54. The second-order valence-electron chi connectivity index (χ2n) is 7.54. The molecule has 0 aliphatic carbocycles. The molecule has 0 aliphatic rings. The third kappa shape index (κ3) is 5.36. The lowest BCUT2D eigenvalue weighted by atomic mass is 10.1. The number of hydrogen-bond donors (Lipinski definition) is 3. The van der Waals surface area contributed by atoms with Gasteiger partial charge in [0, 0.05) is 55.4 Å². The van der Waals surface area contributed by atoms with E-state index in [4.69, 9.17) is 10.5 Å². The minimum absolute atomic E-state index is 0.169. The first-order valence-corrected chi connectivity index (χ1v) is 10.4. The lowest BCUT2D eigenvalue weighted by Gasteiger charge is -2.14. The van der Waals surface area contributed by atoms with Crippen molar-refractivity contribution in [1.82, 2.24) is 25.1 Å². The van der Waals surface area contributed by atoms with Crippen molar-refractivity contribution >= 4 is 23.5 Å². The third-order valence-electron chi connectivity index (χ3n) is 4.99. The standard InChI is InChI=1S/C24H23N7O3/c1-15-19(24(33)27-12-16-6-8-26-9-7-16)4-3-5-20(15)34-18-10-21(25)29-22(11-18)30-23(32)17-13-28-31(2)14-17/h3-11,13-14H,12H2,1-2H3,(H,27,33)(H3,25,29,30,32). The molecule has 172 valence electrons. The van der Waals surface area contributed by atoms with Crippen LogP contribution in [0.2, 0.25) is 0 Å². The van der Waals surface area contributed by atoms with E-state index in [1.165, 1.54) is 16.9 Å². The summed E-state index contributed by atoms with van der Waals surface area (Å²) >= 11 is 0. The zero-order valence-electron chi connectivity index (χ0n) is 18.6. The fraction of sp³-hybridized carbons (Fsp3) is 0.125. The van der Waals surface area contributed by atoms with Gasteiger partial charge in [-0.1, -0.05) is 6.07 Å². The Morgan fingerprint density at radius 2 is 1.91 bits per heavy atom. The highest BCUT2D eigenvalue weighted by Gasteiger charge is 2.15. The van der Waals surface area contributed by atoms with Crippen molar-refractivity contribution in [2.45, 2.75) is 13.5 Å². The minimum atomic E-state index is -0.374. The van der Waals surface area contributed by atoms with E-state index in [2.05, 4.69) is 25.7 Å². The number of anilines is 2. The number of benzene rings is 1. The van der Waals surface area contributed by atoms with Gasteiger partial charge in [0.2, 0.25) is 0 Å². The molecule has 2 amide bonds. The van der Waals surface area contributed by atoms with Gasteiger partial charge < -0.3 is 21.1 Å². The number of pyridine rings is 2. The average molecular weight is 457 g/mol. The van der Waals surface area contributed by atoms with Gasteiger partial charge >= 0.3 is 0 Å². The molecule has 0 atom stereocenters. The Morgan fingerprint density at radius 3 is 2.65 bits per heavy atom. The number of nitrogens with two attached hydrogens (primary N) is 1. The quantitative estimate of drug-likeness (QED) is 0.388. The van der Waals surface area contributed by atoms with E-state index in [0.717, 1.165) is 5.56 Å². The highest BCUT2D eigenvalue weighted by molar-refractivity contribution is 6.03. The van der Waals surface area contributed by atoms with Crippen molar-refractivity contribution in [3.63, 3.8) is 0 Å². The summed E-state index contributed by atoms with van der Waals surface area (Å²) in [6, 6.07) is 12.0. The van der Waals surface area contributed by atoms with E-state index < -0.39 is 0 Å². The predicted molar refractivity (Wildman–Crippen MR) is 126 cm³/mol. The minimum Gasteiger partial charge on any atom is -0.457 e. The number of nitrogens with one attached hydrogen (secondary N) is 2. The number of carbonyl (C=O) groups is 2. The van der Waals surface area contributed by atoms with Gasteiger partial charge in [-0.05, 0) is 36.8 Å². The van der Waals surface area contributed by atoms with Crippen molar-refractivity contribution < 1.29 is 14.3 Å². The first-order valence-electron chi connectivity index (χ1n) is 10.4. The summed E-state index contributed by atoms with van der Waals surface area (Å²) in [6.07, 6.45) is 6.39. The molecule has 0 saturated heterocycles. The Labute approximate surface area is 195 Å². The summed E-state index contributed by atoms with van der Waals surface area (Å²) in [6.45, 7) is 2.18. The van der Waals surface area contributed by atoms with E-state index >= 15 is 0 Å². The summed E-state index contributed by atoms with van der Waals surface area (Å²) in [7, 11) is 1.72. The first kappa shape index (κ1) is 22.5. The van der Waals surface area contributed by atoms with Crippen LogP contribution in [0, 0.1) is 6.92 Å². The molecule has 0 aliphatic heterocycles. The summed E-state index contributed by atoms with van der Waals surface area (Å²) in [4.78, 5) is 33.3. The Kier molecular flexibility index (Phi) is 6.49. The van der Waals surface area contributed by atoms with Crippen molar-refractivity contribution in [3.05, 3.63) is 89.5 Å². The largest absolute Gasteiger partial charge is 0.457 e. The molecule has 10 heteroatoms. The van der Waals surface area contributed by atoms with E-state index in [1.54, 1.807) is 56.8 Å². The van der Waals surface area contributed by atoms with E-state index in [0.29, 0.717) is 34.7 Å². The molecule has 10 nitrogen and oxygen atoms in total. The van der Waals surface area contributed by atoms with Crippen LogP contribution in [-0.4, -0.2) is 31.6 Å². The topological polar surface area (TPSA) is 137 Å². The second kappa shape index (κ2) is 9.82. The first-order chi connectivity index (χ1) is 16.4. The number of rotatable bonds is 7. The van der Waals surface area contributed by atoms with Gasteiger partial charge in [-0.2, -0.15) is 5.10 Å². The molecule has 4 rings (SSSR count). The lowest BCUT2D eigenvalue weighted by Crippen LogP contribution is -2.23. The highest BCUT2D eigenvalue weighted by atomic mass is 16.5. The van der Waals surface area contributed by atoms with Gasteiger partial charge in [-0.15, -0.1) is 0 Å². The Balaban J connectivity index is 1.49. The fourth-order valence-electron chi connectivity index (χ4n) is 3.25. The van der Waals surface area contributed by atoms with Crippen LogP contribution in [0.25, 0.3) is 0 Å².